The van der Waals surface area contributed by atoms with E-state index in [0.717, 1.165) is 25.7 Å². The molecule has 2 unspecified atom stereocenters. The highest BCUT2D eigenvalue weighted by molar-refractivity contribution is 5.96. The van der Waals surface area contributed by atoms with Gasteiger partial charge < -0.3 is 16.2 Å². The SMILES string of the molecule is Cc1c(O)cccc1C(=O)NC1CCCCC1N. The molecule has 1 fully saturated rings. The van der Waals surface area contributed by atoms with Crippen molar-refractivity contribution in [2.45, 2.75) is 44.7 Å². The molecule has 2 atom stereocenters. The van der Waals surface area contributed by atoms with Crippen molar-refractivity contribution in [3.8, 4) is 5.75 Å². The molecule has 0 spiro atoms. The summed E-state index contributed by atoms with van der Waals surface area (Å²) < 4.78 is 0. The number of phenolic OH excluding ortho intramolecular Hbond substituents is 1. The van der Waals surface area contributed by atoms with E-state index in [1.165, 1.54) is 0 Å². The molecule has 98 valence electrons. The number of hydrogen-bond acceptors (Lipinski definition) is 3. The van der Waals surface area contributed by atoms with Crippen molar-refractivity contribution in [2.24, 2.45) is 5.73 Å². The van der Waals surface area contributed by atoms with Crippen molar-refractivity contribution in [3.63, 3.8) is 0 Å². The van der Waals surface area contributed by atoms with Crippen molar-refractivity contribution in [3.05, 3.63) is 29.3 Å². The van der Waals surface area contributed by atoms with Gasteiger partial charge in [-0.15, -0.1) is 0 Å². The number of benzene rings is 1. The van der Waals surface area contributed by atoms with E-state index in [0.29, 0.717) is 11.1 Å². The largest absolute Gasteiger partial charge is 0.508 e. The van der Waals surface area contributed by atoms with Crippen LogP contribution >= 0.6 is 0 Å². The predicted molar refractivity (Wildman–Crippen MR) is 70.5 cm³/mol. The number of amides is 1. The molecule has 0 aromatic heterocycles. The Morgan fingerprint density at radius 3 is 2.83 bits per heavy atom. The van der Waals surface area contributed by atoms with Gasteiger partial charge in [0.2, 0.25) is 0 Å². The molecule has 4 heteroatoms. The molecule has 18 heavy (non-hydrogen) atoms. The standard InChI is InChI=1S/C14H20N2O2/c1-9-10(5-4-8-13(9)17)14(18)16-12-7-3-2-6-11(12)15/h4-5,8,11-12,17H,2-3,6-7,15H2,1H3,(H,16,18). The summed E-state index contributed by atoms with van der Waals surface area (Å²) in [5.74, 6) is 0.00124. The van der Waals surface area contributed by atoms with E-state index in [9.17, 15) is 9.90 Å². The van der Waals surface area contributed by atoms with E-state index in [-0.39, 0.29) is 23.7 Å². The number of nitrogens with two attached hydrogens (primary N) is 1. The van der Waals surface area contributed by atoms with Crippen LogP contribution in [0.25, 0.3) is 0 Å². The minimum Gasteiger partial charge on any atom is -0.508 e. The van der Waals surface area contributed by atoms with Gasteiger partial charge >= 0.3 is 0 Å². The monoisotopic (exact) mass is 248 g/mol. The molecule has 0 bridgehead atoms. The maximum atomic E-state index is 12.2. The molecular weight excluding hydrogens is 228 g/mol. The highest BCUT2D eigenvalue weighted by atomic mass is 16.3. The molecule has 0 aliphatic heterocycles. The molecular formula is C14H20N2O2. The van der Waals surface area contributed by atoms with Crippen LogP contribution < -0.4 is 11.1 Å². The van der Waals surface area contributed by atoms with Gasteiger partial charge in [-0.2, -0.15) is 0 Å². The van der Waals surface area contributed by atoms with Gasteiger partial charge in [0.25, 0.3) is 5.91 Å². The molecule has 1 aromatic rings. The number of rotatable bonds is 2. The zero-order valence-corrected chi connectivity index (χ0v) is 10.6. The topological polar surface area (TPSA) is 75.3 Å². The lowest BCUT2D eigenvalue weighted by Gasteiger charge is -2.29. The smallest absolute Gasteiger partial charge is 0.251 e. The lowest BCUT2D eigenvalue weighted by molar-refractivity contribution is 0.0920. The van der Waals surface area contributed by atoms with Gasteiger partial charge in [-0.25, -0.2) is 0 Å². The number of nitrogens with one attached hydrogen (secondary N) is 1. The summed E-state index contributed by atoms with van der Waals surface area (Å²) in [4.78, 5) is 12.2. The Kier molecular flexibility index (Phi) is 3.87. The molecule has 1 saturated carbocycles. The van der Waals surface area contributed by atoms with Crippen molar-refractivity contribution in [1.29, 1.82) is 0 Å². The van der Waals surface area contributed by atoms with Crippen molar-refractivity contribution in [1.82, 2.24) is 5.32 Å². The molecule has 4 nitrogen and oxygen atoms in total. The molecule has 0 radical (unpaired) electrons. The lowest BCUT2D eigenvalue weighted by Crippen LogP contribution is -2.49. The molecule has 1 amide bonds. The highest BCUT2D eigenvalue weighted by Gasteiger charge is 2.24. The van der Waals surface area contributed by atoms with Crippen LogP contribution in [0.3, 0.4) is 0 Å². The fourth-order valence-electron chi connectivity index (χ4n) is 2.45. The first-order valence-electron chi connectivity index (χ1n) is 6.44. The van der Waals surface area contributed by atoms with E-state index < -0.39 is 0 Å². The van der Waals surface area contributed by atoms with Crippen LogP contribution in [0.4, 0.5) is 0 Å². The van der Waals surface area contributed by atoms with Gasteiger partial charge in [-0.3, -0.25) is 4.79 Å². The summed E-state index contributed by atoms with van der Waals surface area (Å²) in [6.45, 7) is 1.74. The zero-order valence-electron chi connectivity index (χ0n) is 10.6. The average Bonchev–Trinajstić information content (AvgIpc) is 2.35. The Hall–Kier alpha value is -1.55. The first-order valence-corrected chi connectivity index (χ1v) is 6.44. The van der Waals surface area contributed by atoms with Gasteiger partial charge in [0.15, 0.2) is 0 Å². The highest BCUT2D eigenvalue weighted by Crippen LogP contribution is 2.21. The lowest BCUT2D eigenvalue weighted by atomic mass is 9.90. The summed E-state index contributed by atoms with van der Waals surface area (Å²) in [6, 6.07) is 5.07. The minimum atomic E-state index is -0.147. The van der Waals surface area contributed by atoms with E-state index in [2.05, 4.69) is 5.32 Å². The van der Waals surface area contributed by atoms with Crippen LogP contribution in [-0.2, 0) is 0 Å². The second-order valence-electron chi connectivity index (χ2n) is 4.98. The third kappa shape index (κ3) is 2.64. The van der Waals surface area contributed by atoms with Gasteiger partial charge in [-0.1, -0.05) is 18.9 Å². The quantitative estimate of drug-likeness (QED) is 0.745. The zero-order chi connectivity index (χ0) is 13.1. The van der Waals surface area contributed by atoms with Crippen LogP contribution in [0, 0.1) is 6.92 Å². The normalized spacial score (nSPS) is 23.7. The minimum absolute atomic E-state index is 0.0420. The van der Waals surface area contributed by atoms with E-state index in [1.807, 2.05) is 0 Å². The van der Waals surface area contributed by atoms with E-state index in [1.54, 1.807) is 25.1 Å². The first-order chi connectivity index (χ1) is 8.59. The van der Waals surface area contributed by atoms with Gasteiger partial charge in [-0.05, 0) is 31.9 Å². The summed E-state index contributed by atoms with van der Waals surface area (Å²) in [6.07, 6.45) is 4.14. The van der Waals surface area contributed by atoms with Gasteiger partial charge in [0.1, 0.15) is 5.75 Å². The van der Waals surface area contributed by atoms with Crippen LogP contribution in [0.2, 0.25) is 0 Å². The number of phenols is 1. The van der Waals surface area contributed by atoms with Crippen molar-refractivity contribution >= 4 is 5.91 Å². The van der Waals surface area contributed by atoms with Crippen molar-refractivity contribution in [2.75, 3.05) is 0 Å². The molecule has 0 heterocycles. The summed E-state index contributed by atoms with van der Waals surface area (Å²) >= 11 is 0. The van der Waals surface area contributed by atoms with Gasteiger partial charge in [0.05, 0.1) is 0 Å². The number of carbonyl (C=O) groups is 1. The molecule has 1 aromatic carbocycles. The second kappa shape index (κ2) is 5.40. The Labute approximate surface area is 107 Å². The first kappa shape index (κ1) is 12.9. The Morgan fingerprint density at radius 2 is 2.11 bits per heavy atom. The third-order valence-corrected chi connectivity index (χ3v) is 3.69. The average molecular weight is 248 g/mol. The predicted octanol–water partition coefficient (Wildman–Crippen LogP) is 1.70. The fraction of sp³-hybridized carbons (Fsp3) is 0.500. The number of carbonyl (C=O) groups excluding carboxylic acids is 1. The number of aromatic hydroxyl groups is 1. The van der Waals surface area contributed by atoms with Crippen LogP contribution in [0.5, 0.6) is 5.75 Å². The van der Waals surface area contributed by atoms with E-state index in [4.69, 9.17) is 5.73 Å². The fourth-order valence-corrected chi connectivity index (χ4v) is 2.45. The van der Waals surface area contributed by atoms with Crippen LogP contribution in [-0.4, -0.2) is 23.1 Å². The molecule has 0 saturated heterocycles. The molecule has 4 N–H and O–H groups in total. The summed E-state index contributed by atoms with van der Waals surface area (Å²) in [7, 11) is 0. The second-order valence-corrected chi connectivity index (χ2v) is 4.98. The van der Waals surface area contributed by atoms with Crippen molar-refractivity contribution < 1.29 is 9.90 Å². The van der Waals surface area contributed by atoms with Crippen LogP contribution in [0.1, 0.15) is 41.6 Å². The Balaban J connectivity index is 2.09. The Bertz CT molecular complexity index is 445. The Morgan fingerprint density at radius 1 is 1.39 bits per heavy atom. The summed E-state index contributed by atoms with van der Waals surface area (Å²) in [5.41, 5.74) is 7.14. The molecule has 1 aliphatic rings. The third-order valence-electron chi connectivity index (χ3n) is 3.69. The maximum absolute atomic E-state index is 12.2. The van der Waals surface area contributed by atoms with Crippen LogP contribution in [0.15, 0.2) is 18.2 Å². The number of hydrogen-bond donors (Lipinski definition) is 3. The summed E-state index contributed by atoms with van der Waals surface area (Å²) in [5, 5.41) is 12.6. The maximum Gasteiger partial charge on any atom is 0.251 e. The van der Waals surface area contributed by atoms with E-state index >= 15 is 0 Å². The van der Waals surface area contributed by atoms with Gasteiger partial charge in [0, 0.05) is 23.2 Å². The molecule has 1 aliphatic carbocycles. The molecule has 2 rings (SSSR count).